The van der Waals surface area contributed by atoms with Gasteiger partial charge in [0.1, 0.15) is 6.54 Å². The summed E-state index contributed by atoms with van der Waals surface area (Å²) >= 11 is 0. The molecule has 0 aromatic heterocycles. The van der Waals surface area contributed by atoms with Crippen molar-refractivity contribution in [1.29, 1.82) is 0 Å². The van der Waals surface area contributed by atoms with Crippen LogP contribution in [0.3, 0.4) is 0 Å². The molecule has 0 saturated carbocycles. The van der Waals surface area contributed by atoms with Crippen molar-refractivity contribution in [3.63, 3.8) is 0 Å². The second kappa shape index (κ2) is 7.78. The molecule has 0 spiro atoms. The zero-order valence-electron chi connectivity index (χ0n) is 15.0. The molecular formula is C20H15F3N2O4. The largest absolute Gasteiger partial charge is 0.454 e. The van der Waals surface area contributed by atoms with Crippen LogP contribution in [0.4, 0.5) is 18.9 Å². The Kier molecular flexibility index (Phi) is 5.40. The van der Waals surface area contributed by atoms with Crippen LogP contribution in [0.25, 0.3) is 5.70 Å². The average molecular weight is 404 g/mol. The van der Waals surface area contributed by atoms with Gasteiger partial charge in [-0.2, -0.15) is 13.2 Å². The molecule has 0 radical (unpaired) electrons. The van der Waals surface area contributed by atoms with Gasteiger partial charge in [0.25, 0.3) is 11.8 Å². The first-order valence-corrected chi connectivity index (χ1v) is 8.39. The highest BCUT2D eigenvalue weighted by Gasteiger charge is 2.32. The van der Waals surface area contributed by atoms with Gasteiger partial charge >= 0.3 is 12.1 Å². The molecule has 0 bridgehead atoms. The molecule has 3 rings (SSSR count). The average Bonchev–Trinajstić information content (AvgIpc) is 2.91. The smallest absolute Gasteiger partial charge is 0.416 e. The van der Waals surface area contributed by atoms with Gasteiger partial charge < -0.3 is 10.1 Å². The van der Waals surface area contributed by atoms with E-state index in [0.717, 1.165) is 23.1 Å². The number of carbonyl (C=O) groups excluding carboxylic acids is 3. The molecule has 2 amide bonds. The lowest BCUT2D eigenvalue weighted by atomic mass is 10.1. The topological polar surface area (TPSA) is 75.7 Å². The van der Waals surface area contributed by atoms with E-state index >= 15 is 0 Å². The molecule has 0 unspecified atom stereocenters. The van der Waals surface area contributed by atoms with Crippen molar-refractivity contribution in [1.82, 2.24) is 4.90 Å². The Morgan fingerprint density at radius 1 is 1.07 bits per heavy atom. The number of ether oxygens (including phenoxy) is 1. The second-order valence-electron chi connectivity index (χ2n) is 6.17. The molecular weight excluding hydrogens is 389 g/mol. The lowest BCUT2D eigenvalue weighted by Crippen LogP contribution is -2.32. The van der Waals surface area contributed by atoms with E-state index in [1.165, 1.54) is 6.07 Å². The van der Waals surface area contributed by atoms with Gasteiger partial charge in [0.2, 0.25) is 0 Å². The molecule has 0 aliphatic carbocycles. The third-order valence-corrected chi connectivity index (χ3v) is 4.16. The van der Waals surface area contributed by atoms with Crippen LogP contribution in [0, 0.1) is 0 Å². The lowest BCUT2D eigenvalue weighted by Gasteiger charge is -2.16. The van der Waals surface area contributed by atoms with Gasteiger partial charge in [-0.15, -0.1) is 0 Å². The zero-order chi connectivity index (χ0) is 21.2. The van der Waals surface area contributed by atoms with Crippen molar-refractivity contribution in [3.05, 3.63) is 71.8 Å². The number of halogens is 3. The van der Waals surface area contributed by atoms with Crippen LogP contribution >= 0.6 is 0 Å². The summed E-state index contributed by atoms with van der Waals surface area (Å²) in [7, 11) is 0. The molecule has 0 fully saturated rings. The van der Waals surface area contributed by atoms with E-state index in [2.05, 4.69) is 11.9 Å². The third-order valence-electron chi connectivity index (χ3n) is 4.16. The van der Waals surface area contributed by atoms with Crippen molar-refractivity contribution < 1.29 is 32.3 Å². The highest BCUT2D eigenvalue weighted by atomic mass is 19.4. The van der Waals surface area contributed by atoms with Gasteiger partial charge in [-0.3, -0.25) is 19.3 Å². The summed E-state index contributed by atoms with van der Waals surface area (Å²) in [6, 6.07) is 10.8. The number of esters is 1. The number of anilines is 1. The number of benzene rings is 2. The molecule has 6 nitrogen and oxygen atoms in total. The van der Waals surface area contributed by atoms with Crippen molar-refractivity contribution in [2.24, 2.45) is 0 Å². The fraction of sp³-hybridized carbons (Fsp3) is 0.150. The predicted octanol–water partition coefficient (Wildman–Crippen LogP) is 3.31. The fourth-order valence-corrected chi connectivity index (χ4v) is 2.79. The molecule has 150 valence electrons. The highest BCUT2D eigenvalue weighted by molar-refractivity contribution is 6.10. The summed E-state index contributed by atoms with van der Waals surface area (Å²) in [6.07, 6.45) is -4.55. The number of nitrogens with zero attached hydrogens (tertiary/aromatic N) is 1. The van der Waals surface area contributed by atoms with Crippen molar-refractivity contribution in [2.45, 2.75) is 6.18 Å². The molecule has 1 N–H and O–H groups in total. The normalized spacial score (nSPS) is 13.3. The lowest BCUT2D eigenvalue weighted by molar-refractivity contribution is -0.147. The highest BCUT2D eigenvalue weighted by Crippen LogP contribution is 2.31. The fourth-order valence-electron chi connectivity index (χ4n) is 2.79. The van der Waals surface area contributed by atoms with Gasteiger partial charge in [-0.1, -0.05) is 30.8 Å². The first kappa shape index (κ1) is 20.1. The summed E-state index contributed by atoms with van der Waals surface area (Å²) in [5, 5.41) is 2.22. The maximum atomic E-state index is 12.7. The quantitative estimate of drug-likeness (QED) is 0.776. The standard InChI is InChI=1S/C20H15F3N2O4/c1-12-15-7-2-3-8-16(15)19(28)25(12)10-18(27)29-11-17(26)24-14-6-4-5-13(9-14)20(21,22)23/h2-9H,1,10-11H2,(H,24,26). The number of rotatable bonds is 5. The molecule has 29 heavy (non-hydrogen) atoms. The molecule has 0 atom stereocenters. The van der Waals surface area contributed by atoms with Crippen molar-refractivity contribution in [2.75, 3.05) is 18.5 Å². The van der Waals surface area contributed by atoms with Gasteiger partial charge in [0.05, 0.1) is 5.56 Å². The summed E-state index contributed by atoms with van der Waals surface area (Å²) < 4.78 is 42.9. The number of hydrogen-bond donors (Lipinski definition) is 1. The number of hydrogen-bond acceptors (Lipinski definition) is 4. The SMILES string of the molecule is C=C1c2ccccc2C(=O)N1CC(=O)OCC(=O)Nc1cccc(C(F)(F)F)c1. The Balaban J connectivity index is 1.53. The minimum atomic E-state index is -4.55. The summed E-state index contributed by atoms with van der Waals surface area (Å²) in [5.74, 6) is -2.07. The number of amides is 2. The van der Waals surface area contributed by atoms with E-state index < -0.39 is 42.7 Å². The molecule has 2 aromatic carbocycles. The molecule has 1 aliphatic heterocycles. The van der Waals surface area contributed by atoms with E-state index in [0.29, 0.717) is 16.8 Å². The third kappa shape index (κ3) is 4.45. The van der Waals surface area contributed by atoms with Crippen molar-refractivity contribution in [3.8, 4) is 0 Å². The number of alkyl halides is 3. The first-order valence-electron chi connectivity index (χ1n) is 8.39. The number of carbonyl (C=O) groups is 3. The maximum absolute atomic E-state index is 12.7. The summed E-state index contributed by atoms with van der Waals surface area (Å²) in [4.78, 5) is 37.3. The van der Waals surface area contributed by atoms with Gasteiger partial charge in [-0.25, -0.2) is 0 Å². The van der Waals surface area contributed by atoms with Gasteiger partial charge in [0, 0.05) is 22.5 Å². The Labute approximate surface area is 163 Å². The van der Waals surface area contributed by atoms with Gasteiger partial charge in [-0.05, 0) is 24.3 Å². The van der Waals surface area contributed by atoms with Crippen molar-refractivity contribution >= 4 is 29.2 Å². The van der Waals surface area contributed by atoms with Gasteiger partial charge in [0.15, 0.2) is 6.61 Å². The van der Waals surface area contributed by atoms with E-state index in [9.17, 15) is 27.6 Å². The molecule has 2 aromatic rings. The van der Waals surface area contributed by atoms with Crippen LogP contribution < -0.4 is 5.32 Å². The molecule has 1 aliphatic rings. The number of fused-ring (bicyclic) bond motifs is 1. The summed E-state index contributed by atoms with van der Waals surface area (Å²) in [5.41, 5.74) is 0.355. The van der Waals surface area contributed by atoms with Crippen LogP contribution in [0.2, 0.25) is 0 Å². The Bertz CT molecular complexity index is 966. The Hall–Kier alpha value is -3.62. The minimum Gasteiger partial charge on any atom is -0.454 e. The molecule has 1 heterocycles. The van der Waals surface area contributed by atoms with Crippen LogP contribution in [0.1, 0.15) is 21.5 Å². The monoisotopic (exact) mass is 404 g/mol. The van der Waals surface area contributed by atoms with E-state index in [4.69, 9.17) is 4.74 Å². The minimum absolute atomic E-state index is 0.0839. The Morgan fingerprint density at radius 2 is 1.76 bits per heavy atom. The van der Waals surface area contributed by atoms with Crippen LogP contribution in [-0.4, -0.2) is 35.8 Å². The predicted molar refractivity (Wildman–Crippen MR) is 97.5 cm³/mol. The maximum Gasteiger partial charge on any atom is 0.416 e. The molecule has 0 saturated heterocycles. The first-order chi connectivity index (χ1) is 13.7. The van der Waals surface area contributed by atoms with E-state index in [1.54, 1.807) is 24.3 Å². The van der Waals surface area contributed by atoms with E-state index in [1.807, 2.05) is 0 Å². The van der Waals surface area contributed by atoms with Crippen LogP contribution in [-0.2, 0) is 20.5 Å². The summed E-state index contributed by atoms with van der Waals surface area (Å²) in [6.45, 7) is 2.63. The van der Waals surface area contributed by atoms with Crippen LogP contribution in [0.15, 0.2) is 55.1 Å². The molecule has 9 heteroatoms. The zero-order valence-corrected chi connectivity index (χ0v) is 15.0. The Morgan fingerprint density at radius 3 is 2.41 bits per heavy atom. The number of nitrogens with one attached hydrogen (secondary N) is 1. The second-order valence-corrected chi connectivity index (χ2v) is 6.17. The van der Waals surface area contributed by atoms with Crippen LogP contribution in [0.5, 0.6) is 0 Å². The van der Waals surface area contributed by atoms with E-state index in [-0.39, 0.29) is 5.69 Å².